The smallest absolute Gasteiger partial charge is 0.312 e. The molecule has 0 heterocycles. The summed E-state index contributed by atoms with van der Waals surface area (Å²) in [5, 5.41) is 16.6. The lowest BCUT2D eigenvalue weighted by Crippen LogP contribution is -2.43. The van der Waals surface area contributed by atoms with Gasteiger partial charge in [-0.25, -0.2) is 0 Å². The van der Waals surface area contributed by atoms with Crippen molar-refractivity contribution in [2.75, 3.05) is 14.2 Å². The van der Waals surface area contributed by atoms with E-state index in [0.29, 0.717) is 0 Å². The van der Waals surface area contributed by atoms with Crippen molar-refractivity contribution < 1.29 is 29.3 Å². The minimum absolute atomic E-state index is 0.180. The number of ether oxygens (including phenoxy) is 2. The van der Waals surface area contributed by atoms with E-state index in [9.17, 15) is 9.59 Å². The van der Waals surface area contributed by atoms with Crippen LogP contribution in [0, 0.1) is 5.92 Å². The fraction of sp³-hybridized carbons (Fsp3) is 0.750. The molecule has 0 bridgehead atoms. The molecule has 0 radical (unpaired) electrons. The molecule has 2 unspecified atom stereocenters. The Morgan fingerprint density at radius 1 is 1.27 bits per heavy atom. The molecule has 0 rings (SSSR count). The molecule has 2 atom stereocenters. The van der Waals surface area contributed by atoms with Crippen molar-refractivity contribution in [1.82, 2.24) is 0 Å². The Morgan fingerprint density at radius 2 is 1.67 bits per heavy atom. The maximum absolute atomic E-state index is 11.0. The van der Waals surface area contributed by atoms with Gasteiger partial charge in [0.1, 0.15) is 5.92 Å². The SMILES string of the molecule is COC(OC)C(C(=O)O)C(C)([SiH3])C(=O)O. The summed E-state index contributed by atoms with van der Waals surface area (Å²) in [6.45, 7) is 1.38. The van der Waals surface area contributed by atoms with Crippen LogP contribution in [0.2, 0.25) is 5.04 Å². The van der Waals surface area contributed by atoms with Crippen molar-refractivity contribution in [3.8, 4) is 0 Å². The second-order valence-electron chi connectivity index (χ2n) is 3.68. The third-order valence-electron chi connectivity index (χ3n) is 2.33. The van der Waals surface area contributed by atoms with Gasteiger partial charge in [0.2, 0.25) is 0 Å². The highest BCUT2D eigenvalue weighted by molar-refractivity contribution is 6.28. The van der Waals surface area contributed by atoms with E-state index in [2.05, 4.69) is 0 Å². The highest BCUT2D eigenvalue weighted by Gasteiger charge is 2.46. The highest BCUT2D eigenvalue weighted by Crippen LogP contribution is 2.35. The van der Waals surface area contributed by atoms with Crippen LogP contribution in [0.5, 0.6) is 0 Å². The van der Waals surface area contributed by atoms with Gasteiger partial charge in [-0.15, -0.1) is 0 Å². The maximum atomic E-state index is 11.0. The summed E-state index contributed by atoms with van der Waals surface area (Å²) in [5.41, 5.74) is 0. The first-order valence-corrected chi connectivity index (χ1v) is 5.30. The van der Waals surface area contributed by atoms with E-state index in [1.807, 2.05) is 0 Å². The lowest BCUT2D eigenvalue weighted by molar-refractivity contribution is -0.182. The zero-order valence-corrected chi connectivity index (χ0v) is 11.2. The molecule has 88 valence electrons. The number of carboxylic acid groups (broad SMARTS) is 2. The van der Waals surface area contributed by atoms with Gasteiger partial charge in [-0.2, -0.15) is 0 Å². The monoisotopic (exact) mass is 236 g/mol. The first-order valence-electron chi connectivity index (χ1n) is 4.30. The molecule has 15 heavy (non-hydrogen) atoms. The molecule has 0 aliphatic rings. The third-order valence-corrected chi connectivity index (χ3v) is 3.38. The molecule has 2 N–H and O–H groups in total. The standard InChI is InChI=1S/C8H16O6Si/c1-8(15,7(11)12)4(5(9)10)6(13-2)14-3/h4,6H,1-3,15H3,(H,9,10)(H,11,12). The van der Waals surface area contributed by atoms with Crippen molar-refractivity contribution in [3.63, 3.8) is 0 Å². The second-order valence-corrected chi connectivity index (χ2v) is 5.76. The summed E-state index contributed by atoms with van der Waals surface area (Å²) in [4.78, 5) is 22.0. The van der Waals surface area contributed by atoms with E-state index in [1.165, 1.54) is 21.1 Å². The van der Waals surface area contributed by atoms with Gasteiger partial charge in [-0.05, 0) is 0 Å². The number of rotatable bonds is 6. The van der Waals surface area contributed by atoms with Gasteiger partial charge in [-0.1, -0.05) is 6.92 Å². The molecule has 0 saturated carbocycles. The van der Waals surface area contributed by atoms with Crippen molar-refractivity contribution in [2.24, 2.45) is 5.92 Å². The van der Waals surface area contributed by atoms with Gasteiger partial charge < -0.3 is 19.7 Å². The van der Waals surface area contributed by atoms with Crippen LogP contribution in [0.25, 0.3) is 0 Å². The predicted molar refractivity (Wildman–Crippen MR) is 54.9 cm³/mol. The van der Waals surface area contributed by atoms with Crippen LogP contribution in [0.15, 0.2) is 0 Å². The van der Waals surface area contributed by atoms with Gasteiger partial charge in [-0.3, -0.25) is 9.59 Å². The van der Waals surface area contributed by atoms with Crippen LogP contribution in [0.1, 0.15) is 6.92 Å². The van der Waals surface area contributed by atoms with Crippen LogP contribution >= 0.6 is 0 Å². The summed E-state index contributed by atoms with van der Waals surface area (Å²) in [7, 11) is 2.74. The fourth-order valence-corrected chi connectivity index (χ4v) is 1.79. The van der Waals surface area contributed by atoms with Gasteiger partial charge in [0, 0.05) is 24.5 Å². The number of carbonyl (C=O) groups is 2. The molecule has 0 spiro atoms. The zero-order chi connectivity index (χ0) is 12.2. The molecule has 0 aliphatic heterocycles. The van der Waals surface area contributed by atoms with E-state index >= 15 is 0 Å². The lowest BCUT2D eigenvalue weighted by atomic mass is 9.92. The van der Waals surface area contributed by atoms with E-state index < -0.39 is 29.2 Å². The van der Waals surface area contributed by atoms with Crippen LogP contribution in [0.4, 0.5) is 0 Å². The molecule has 0 aromatic rings. The number of hydrogen-bond donors (Lipinski definition) is 2. The van der Waals surface area contributed by atoms with E-state index in [-0.39, 0.29) is 10.2 Å². The molecular weight excluding hydrogens is 220 g/mol. The van der Waals surface area contributed by atoms with Gasteiger partial charge in [0.15, 0.2) is 6.29 Å². The van der Waals surface area contributed by atoms with E-state index in [0.717, 1.165) is 0 Å². The Kier molecular flexibility index (Phi) is 4.92. The minimum Gasteiger partial charge on any atom is -0.481 e. The average Bonchev–Trinajstić information content (AvgIpc) is 2.12. The van der Waals surface area contributed by atoms with Crippen molar-refractivity contribution >= 4 is 22.2 Å². The highest BCUT2D eigenvalue weighted by atomic mass is 28.1. The van der Waals surface area contributed by atoms with Crippen LogP contribution in [-0.2, 0) is 19.1 Å². The first-order chi connectivity index (χ1) is 6.78. The van der Waals surface area contributed by atoms with Crippen molar-refractivity contribution in [2.45, 2.75) is 18.3 Å². The minimum atomic E-state index is -1.33. The van der Waals surface area contributed by atoms with Gasteiger partial charge in [0.25, 0.3) is 0 Å². The molecule has 0 saturated heterocycles. The number of aliphatic carboxylic acids is 2. The Bertz CT molecular complexity index is 248. The summed E-state index contributed by atoms with van der Waals surface area (Å²) in [6, 6.07) is 0. The summed E-state index contributed by atoms with van der Waals surface area (Å²) >= 11 is 0. The Labute approximate surface area is 90.6 Å². The molecule has 6 nitrogen and oxygen atoms in total. The predicted octanol–water partition coefficient (Wildman–Crippen LogP) is -1.07. The van der Waals surface area contributed by atoms with Gasteiger partial charge in [0.05, 0.1) is 5.04 Å². The Hall–Kier alpha value is -0.923. The fourth-order valence-electron chi connectivity index (χ4n) is 1.27. The molecule has 0 aliphatic carbocycles. The topological polar surface area (TPSA) is 93.1 Å². The van der Waals surface area contributed by atoms with Crippen molar-refractivity contribution in [1.29, 1.82) is 0 Å². The van der Waals surface area contributed by atoms with Crippen LogP contribution in [0.3, 0.4) is 0 Å². The summed E-state index contributed by atoms with van der Waals surface area (Å²) < 4.78 is 9.63. The average molecular weight is 236 g/mol. The second kappa shape index (κ2) is 5.24. The molecule has 0 aromatic carbocycles. The molecule has 0 aromatic heterocycles. The van der Waals surface area contributed by atoms with Crippen LogP contribution < -0.4 is 0 Å². The molecule has 7 heteroatoms. The Morgan fingerprint density at radius 3 is 1.87 bits per heavy atom. The number of carboxylic acids is 2. The molecule has 0 amide bonds. The summed E-state index contributed by atoms with van der Waals surface area (Å²) in [6.07, 6.45) is -1.05. The van der Waals surface area contributed by atoms with E-state index in [4.69, 9.17) is 19.7 Å². The quantitative estimate of drug-likeness (QED) is 0.451. The maximum Gasteiger partial charge on any atom is 0.312 e. The van der Waals surface area contributed by atoms with E-state index in [1.54, 1.807) is 0 Å². The summed E-state index contributed by atoms with van der Waals surface area (Å²) in [5.74, 6) is -3.60. The number of methoxy groups -OCH3 is 2. The Balaban J connectivity index is 5.12. The molecule has 0 fully saturated rings. The van der Waals surface area contributed by atoms with Crippen molar-refractivity contribution in [3.05, 3.63) is 0 Å². The van der Waals surface area contributed by atoms with Gasteiger partial charge >= 0.3 is 11.9 Å². The lowest BCUT2D eigenvalue weighted by Gasteiger charge is -2.31. The zero-order valence-electron chi connectivity index (χ0n) is 9.18. The largest absolute Gasteiger partial charge is 0.481 e. The molecular formula is C8H16O6Si. The van der Waals surface area contributed by atoms with Crippen LogP contribution in [-0.4, -0.2) is 52.9 Å². The third kappa shape index (κ3) is 3.01. The normalized spacial score (nSPS) is 17.3. The first kappa shape index (κ1) is 14.1. The number of hydrogen-bond acceptors (Lipinski definition) is 4.